The van der Waals surface area contributed by atoms with Crippen LogP contribution in [0.15, 0.2) is 12.2 Å². The van der Waals surface area contributed by atoms with Gasteiger partial charge < -0.3 is 4.74 Å². The van der Waals surface area contributed by atoms with E-state index < -0.39 is 41.2 Å². The Morgan fingerprint density at radius 1 is 1.35 bits per heavy atom. The highest BCUT2D eigenvalue weighted by atomic mass is 32.2. The minimum atomic E-state index is -4.73. The summed E-state index contributed by atoms with van der Waals surface area (Å²) >= 11 is 0. The lowest BCUT2D eigenvalue weighted by atomic mass is 10.4. The molecular weight excluding hydrogens is 265 g/mol. The van der Waals surface area contributed by atoms with E-state index in [9.17, 15) is 26.4 Å². The van der Waals surface area contributed by atoms with Gasteiger partial charge in [-0.15, -0.1) is 0 Å². The molecule has 0 aliphatic carbocycles. The predicted molar refractivity (Wildman–Crippen MR) is 51.6 cm³/mol. The van der Waals surface area contributed by atoms with Crippen LogP contribution in [-0.4, -0.2) is 39.5 Å². The quantitative estimate of drug-likeness (QED) is 0.411. The van der Waals surface area contributed by atoms with E-state index in [4.69, 9.17) is 0 Å². The second-order valence-electron chi connectivity index (χ2n) is 3.06. The summed E-state index contributed by atoms with van der Waals surface area (Å²) in [7, 11) is -4.36. The van der Waals surface area contributed by atoms with Crippen molar-refractivity contribution < 1.29 is 35.3 Å². The Morgan fingerprint density at radius 2 is 1.88 bits per heavy atom. The van der Waals surface area contributed by atoms with Gasteiger partial charge in [-0.3, -0.25) is 4.18 Å². The molecule has 0 aliphatic heterocycles. The molecule has 0 saturated heterocycles. The second-order valence-corrected chi connectivity index (χ2v) is 4.81. The highest BCUT2D eigenvalue weighted by molar-refractivity contribution is 7.86. The van der Waals surface area contributed by atoms with Crippen molar-refractivity contribution in [3.05, 3.63) is 12.2 Å². The van der Waals surface area contributed by atoms with Crippen LogP contribution in [0.1, 0.15) is 6.92 Å². The molecule has 0 heterocycles. The Bertz CT molecular complexity index is 384. The fourth-order valence-corrected chi connectivity index (χ4v) is 1.29. The number of halogens is 3. The highest BCUT2D eigenvalue weighted by Gasteiger charge is 2.30. The minimum Gasteiger partial charge on any atom is -0.461 e. The number of alkyl halides is 3. The lowest BCUT2D eigenvalue weighted by Gasteiger charge is -2.08. The smallest absolute Gasteiger partial charge is 0.413 e. The maximum Gasteiger partial charge on any atom is 0.413 e. The normalized spacial score (nSPS) is 12.2. The lowest BCUT2D eigenvalue weighted by molar-refractivity contribution is -0.152. The summed E-state index contributed by atoms with van der Waals surface area (Å²) < 4.78 is 64.8. The SMILES string of the molecule is C=C(C)C(=O)OCCS(=O)(=O)OCC(F)(F)F. The topological polar surface area (TPSA) is 69.7 Å². The van der Waals surface area contributed by atoms with E-state index in [0.29, 0.717) is 0 Å². The van der Waals surface area contributed by atoms with Crippen molar-refractivity contribution in [2.45, 2.75) is 13.1 Å². The van der Waals surface area contributed by atoms with Crippen LogP contribution >= 0.6 is 0 Å². The first kappa shape index (κ1) is 15.9. The molecule has 9 heteroatoms. The summed E-state index contributed by atoms with van der Waals surface area (Å²) in [5.41, 5.74) is 0.0543. The van der Waals surface area contributed by atoms with Gasteiger partial charge >= 0.3 is 12.1 Å². The van der Waals surface area contributed by atoms with Gasteiger partial charge in [0.2, 0.25) is 0 Å². The minimum absolute atomic E-state index is 0.0543. The van der Waals surface area contributed by atoms with Gasteiger partial charge in [-0.25, -0.2) is 4.79 Å². The third-order valence-corrected chi connectivity index (χ3v) is 2.46. The van der Waals surface area contributed by atoms with E-state index >= 15 is 0 Å². The Labute approximate surface area is 96.3 Å². The van der Waals surface area contributed by atoms with Crippen molar-refractivity contribution in [3.63, 3.8) is 0 Å². The van der Waals surface area contributed by atoms with Gasteiger partial charge in [-0.05, 0) is 6.92 Å². The van der Waals surface area contributed by atoms with Gasteiger partial charge in [0, 0.05) is 5.57 Å². The molecule has 0 saturated carbocycles. The van der Waals surface area contributed by atoms with E-state index in [0.717, 1.165) is 0 Å². The maximum absolute atomic E-state index is 11.7. The average Bonchev–Trinajstić information content (AvgIpc) is 2.13. The number of ether oxygens (including phenoxy) is 1. The molecular formula is C8H11F3O5S. The van der Waals surface area contributed by atoms with Crippen LogP contribution in [0.2, 0.25) is 0 Å². The van der Waals surface area contributed by atoms with E-state index in [1.807, 2.05) is 0 Å². The lowest BCUT2D eigenvalue weighted by Crippen LogP contribution is -2.24. The first-order valence-electron chi connectivity index (χ1n) is 4.30. The number of hydrogen-bond donors (Lipinski definition) is 0. The molecule has 17 heavy (non-hydrogen) atoms. The van der Waals surface area contributed by atoms with Crippen LogP contribution in [0.5, 0.6) is 0 Å². The molecule has 0 unspecified atom stereocenters. The fraction of sp³-hybridized carbons (Fsp3) is 0.625. The van der Waals surface area contributed by atoms with Crippen molar-refractivity contribution in [1.82, 2.24) is 0 Å². The number of esters is 1. The number of carbonyl (C=O) groups excluding carboxylic acids is 1. The molecule has 0 aromatic rings. The molecule has 0 rings (SSSR count). The Morgan fingerprint density at radius 3 is 2.29 bits per heavy atom. The van der Waals surface area contributed by atoms with Crippen LogP contribution < -0.4 is 0 Å². The zero-order valence-corrected chi connectivity index (χ0v) is 9.73. The van der Waals surface area contributed by atoms with E-state index in [2.05, 4.69) is 15.5 Å². The summed E-state index contributed by atoms with van der Waals surface area (Å²) in [6.07, 6.45) is -4.73. The van der Waals surface area contributed by atoms with Crippen LogP contribution in [0, 0.1) is 0 Å². The molecule has 0 amide bonds. The molecule has 0 radical (unpaired) electrons. The number of carbonyl (C=O) groups is 1. The summed E-state index contributed by atoms with van der Waals surface area (Å²) in [6, 6.07) is 0. The van der Waals surface area contributed by atoms with Crippen LogP contribution in [0.4, 0.5) is 13.2 Å². The zero-order chi connectivity index (χ0) is 13.7. The summed E-state index contributed by atoms with van der Waals surface area (Å²) in [5, 5.41) is 0. The summed E-state index contributed by atoms with van der Waals surface area (Å²) in [6.45, 7) is 2.09. The molecule has 0 aromatic carbocycles. The van der Waals surface area contributed by atoms with Crippen molar-refractivity contribution in [3.8, 4) is 0 Å². The number of hydrogen-bond acceptors (Lipinski definition) is 5. The third kappa shape index (κ3) is 8.69. The molecule has 0 atom stereocenters. The first-order valence-corrected chi connectivity index (χ1v) is 5.88. The van der Waals surface area contributed by atoms with E-state index in [-0.39, 0.29) is 5.57 Å². The monoisotopic (exact) mass is 276 g/mol. The Kier molecular flexibility index (Phi) is 5.62. The predicted octanol–water partition coefficient (Wildman–Crippen LogP) is 1.01. The van der Waals surface area contributed by atoms with Crippen LogP contribution in [0.3, 0.4) is 0 Å². The average molecular weight is 276 g/mol. The fourth-order valence-electron chi connectivity index (χ4n) is 0.575. The van der Waals surface area contributed by atoms with Gasteiger partial charge in [0.15, 0.2) is 6.61 Å². The first-order chi connectivity index (χ1) is 7.53. The van der Waals surface area contributed by atoms with Gasteiger partial charge in [-0.1, -0.05) is 6.58 Å². The van der Waals surface area contributed by atoms with Gasteiger partial charge in [0.05, 0.1) is 0 Å². The molecule has 0 aromatic heterocycles. The van der Waals surface area contributed by atoms with Crippen LogP contribution in [-0.2, 0) is 23.8 Å². The molecule has 5 nitrogen and oxygen atoms in total. The Hall–Kier alpha value is -1.09. The van der Waals surface area contributed by atoms with Crippen molar-refractivity contribution in [2.24, 2.45) is 0 Å². The highest BCUT2D eigenvalue weighted by Crippen LogP contribution is 2.15. The number of rotatable bonds is 6. The summed E-state index contributed by atoms with van der Waals surface area (Å²) in [5.74, 6) is -1.67. The third-order valence-electron chi connectivity index (χ3n) is 1.32. The maximum atomic E-state index is 11.7. The largest absolute Gasteiger partial charge is 0.461 e. The molecule has 0 spiro atoms. The molecule has 0 bridgehead atoms. The van der Waals surface area contributed by atoms with Crippen molar-refractivity contribution in [1.29, 1.82) is 0 Å². The van der Waals surface area contributed by atoms with Crippen molar-refractivity contribution >= 4 is 16.1 Å². The van der Waals surface area contributed by atoms with Crippen LogP contribution in [0.25, 0.3) is 0 Å². The second kappa shape index (κ2) is 6.01. The van der Waals surface area contributed by atoms with Gasteiger partial charge in [0.25, 0.3) is 10.1 Å². The summed E-state index contributed by atoms with van der Waals surface area (Å²) in [4.78, 5) is 10.8. The Balaban J connectivity index is 4.04. The molecule has 100 valence electrons. The molecule has 0 aliphatic rings. The van der Waals surface area contributed by atoms with Crippen molar-refractivity contribution in [2.75, 3.05) is 19.0 Å². The van der Waals surface area contributed by atoms with E-state index in [1.165, 1.54) is 6.92 Å². The molecule has 0 N–H and O–H groups in total. The van der Waals surface area contributed by atoms with Gasteiger partial charge in [0.1, 0.15) is 12.4 Å². The van der Waals surface area contributed by atoms with E-state index in [1.54, 1.807) is 0 Å². The molecule has 0 fully saturated rings. The zero-order valence-electron chi connectivity index (χ0n) is 8.91. The standard InChI is InChI=1S/C8H11F3O5S/c1-6(2)7(12)15-3-4-17(13,14)16-5-8(9,10)11/h1,3-5H2,2H3. The van der Waals surface area contributed by atoms with Gasteiger partial charge in [-0.2, -0.15) is 21.6 Å².